The number of nitrogens with zero attached hydrogens (tertiary/aromatic N) is 1. The summed E-state index contributed by atoms with van der Waals surface area (Å²) in [4.78, 5) is 2.16. The molecule has 0 radical (unpaired) electrons. The van der Waals surface area contributed by atoms with E-state index >= 15 is 0 Å². The second-order valence-corrected chi connectivity index (χ2v) is 6.98. The average molecular weight is 349 g/mol. The smallest absolute Gasteiger partial charge is 0.0373 e. The molecule has 1 nitrogen and oxygen atoms in total. The van der Waals surface area contributed by atoms with Crippen molar-refractivity contribution >= 4 is 5.69 Å². The summed E-state index contributed by atoms with van der Waals surface area (Å²) >= 11 is 0. The van der Waals surface area contributed by atoms with Crippen LogP contribution in [0.2, 0.25) is 0 Å². The third kappa shape index (κ3) is 3.78. The molecule has 0 N–H and O–H groups in total. The van der Waals surface area contributed by atoms with Gasteiger partial charge >= 0.3 is 0 Å². The van der Waals surface area contributed by atoms with Crippen LogP contribution in [-0.2, 0) is 0 Å². The van der Waals surface area contributed by atoms with Gasteiger partial charge in [-0.2, -0.15) is 0 Å². The van der Waals surface area contributed by atoms with Crippen molar-refractivity contribution in [1.29, 1.82) is 0 Å². The third-order valence-electron chi connectivity index (χ3n) is 4.84. The van der Waals surface area contributed by atoms with Crippen LogP contribution < -0.4 is 4.90 Å². The molecule has 0 heterocycles. The van der Waals surface area contributed by atoms with Crippen LogP contribution in [0.3, 0.4) is 0 Å². The maximum atomic E-state index is 2.28. The molecule has 0 saturated carbocycles. The minimum absolute atomic E-state index is 1.21. The van der Waals surface area contributed by atoms with Crippen LogP contribution in [0, 0.1) is 0 Å². The number of hydrogen-bond donors (Lipinski definition) is 0. The van der Waals surface area contributed by atoms with Crippen molar-refractivity contribution in [2.24, 2.45) is 0 Å². The number of hydrogen-bond acceptors (Lipinski definition) is 1. The molecular formula is C26H23N. The highest BCUT2D eigenvalue weighted by molar-refractivity contribution is 5.80. The Morgan fingerprint density at radius 2 is 0.815 bits per heavy atom. The lowest BCUT2D eigenvalue weighted by molar-refractivity contribution is 1.13. The Morgan fingerprint density at radius 3 is 1.37 bits per heavy atom. The third-order valence-corrected chi connectivity index (χ3v) is 4.84. The summed E-state index contributed by atoms with van der Waals surface area (Å²) in [5.74, 6) is 0. The van der Waals surface area contributed by atoms with Gasteiger partial charge in [0.1, 0.15) is 0 Å². The van der Waals surface area contributed by atoms with E-state index in [1.165, 1.54) is 39.1 Å². The first-order valence-corrected chi connectivity index (χ1v) is 9.24. The normalized spacial score (nSPS) is 10.6. The average Bonchev–Trinajstić information content (AvgIpc) is 2.75. The van der Waals surface area contributed by atoms with Gasteiger partial charge in [0, 0.05) is 19.8 Å². The van der Waals surface area contributed by atoms with Crippen LogP contribution >= 0.6 is 0 Å². The van der Waals surface area contributed by atoms with E-state index in [0.29, 0.717) is 0 Å². The van der Waals surface area contributed by atoms with E-state index in [2.05, 4.69) is 122 Å². The maximum Gasteiger partial charge on any atom is 0.0373 e. The van der Waals surface area contributed by atoms with Gasteiger partial charge in [0.25, 0.3) is 0 Å². The van der Waals surface area contributed by atoms with Crippen molar-refractivity contribution in [2.75, 3.05) is 19.0 Å². The van der Waals surface area contributed by atoms with Crippen molar-refractivity contribution in [3.05, 3.63) is 103 Å². The number of anilines is 1. The molecule has 4 rings (SSSR count). The Kier molecular flexibility index (Phi) is 4.76. The lowest BCUT2D eigenvalue weighted by Gasteiger charge is -2.17. The molecule has 0 amide bonds. The summed E-state index contributed by atoms with van der Waals surface area (Å²) in [6, 6.07) is 36.7. The molecule has 1 heteroatoms. The number of benzene rings is 4. The van der Waals surface area contributed by atoms with Gasteiger partial charge in [-0.1, -0.05) is 78.9 Å². The molecule has 0 aliphatic heterocycles. The molecule has 0 aliphatic carbocycles. The fourth-order valence-corrected chi connectivity index (χ4v) is 3.34. The minimum atomic E-state index is 1.21. The van der Waals surface area contributed by atoms with Crippen molar-refractivity contribution < 1.29 is 0 Å². The maximum absolute atomic E-state index is 2.28. The molecule has 0 aliphatic rings. The van der Waals surface area contributed by atoms with E-state index in [4.69, 9.17) is 0 Å². The molecule has 0 unspecified atom stereocenters. The lowest BCUT2D eigenvalue weighted by atomic mass is 9.95. The van der Waals surface area contributed by atoms with E-state index in [1.807, 2.05) is 0 Å². The van der Waals surface area contributed by atoms with Gasteiger partial charge in [0.2, 0.25) is 0 Å². The van der Waals surface area contributed by atoms with Crippen molar-refractivity contribution in [1.82, 2.24) is 0 Å². The second-order valence-electron chi connectivity index (χ2n) is 6.98. The zero-order valence-corrected chi connectivity index (χ0v) is 15.8. The Labute approximate surface area is 161 Å². The van der Waals surface area contributed by atoms with Gasteiger partial charge in [0.05, 0.1) is 0 Å². The molecular weight excluding hydrogens is 326 g/mol. The minimum Gasteiger partial charge on any atom is -0.378 e. The molecule has 0 fully saturated rings. The van der Waals surface area contributed by atoms with Crippen LogP contribution in [0.5, 0.6) is 0 Å². The van der Waals surface area contributed by atoms with Gasteiger partial charge < -0.3 is 4.90 Å². The van der Waals surface area contributed by atoms with E-state index in [9.17, 15) is 0 Å². The van der Waals surface area contributed by atoms with Crippen molar-refractivity contribution in [3.63, 3.8) is 0 Å². The molecule has 4 aromatic carbocycles. The van der Waals surface area contributed by atoms with Crippen molar-refractivity contribution in [2.45, 2.75) is 0 Å². The van der Waals surface area contributed by atoms with E-state index in [1.54, 1.807) is 0 Å². The standard InChI is InChI=1S/C26H23N/c1-27(2)26-18-24(21-12-7-4-8-13-21)17-25(19-26)23-15-9-14-22(16-23)20-10-5-3-6-11-20/h3-19H,1-2H3. The van der Waals surface area contributed by atoms with Crippen LogP contribution in [0.25, 0.3) is 33.4 Å². The molecule has 4 aromatic rings. The highest BCUT2D eigenvalue weighted by Gasteiger charge is 2.08. The summed E-state index contributed by atoms with van der Waals surface area (Å²) in [5, 5.41) is 0. The van der Waals surface area contributed by atoms with Gasteiger partial charge in [-0.25, -0.2) is 0 Å². The predicted molar refractivity (Wildman–Crippen MR) is 117 cm³/mol. The molecule has 132 valence electrons. The van der Waals surface area contributed by atoms with Crippen molar-refractivity contribution in [3.8, 4) is 33.4 Å². The first-order valence-electron chi connectivity index (χ1n) is 9.24. The second kappa shape index (κ2) is 7.51. The first kappa shape index (κ1) is 17.1. The summed E-state index contributed by atoms with van der Waals surface area (Å²) in [6.07, 6.45) is 0. The predicted octanol–water partition coefficient (Wildman–Crippen LogP) is 6.75. The molecule has 0 atom stereocenters. The van der Waals surface area contributed by atoms with Crippen LogP contribution in [-0.4, -0.2) is 14.1 Å². The molecule has 0 spiro atoms. The molecule has 27 heavy (non-hydrogen) atoms. The van der Waals surface area contributed by atoms with Crippen LogP contribution in [0.4, 0.5) is 5.69 Å². The van der Waals surface area contributed by atoms with Crippen LogP contribution in [0.1, 0.15) is 0 Å². The molecule has 0 bridgehead atoms. The van der Waals surface area contributed by atoms with Gasteiger partial charge in [-0.15, -0.1) is 0 Å². The fourth-order valence-electron chi connectivity index (χ4n) is 3.34. The lowest BCUT2D eigenvalue weighted by Crippen LogP contribution is -2.08. The monoisotopic (exact) mass is 349 g/mol. The fraction of sp³-hybridized carbons (Fsp3) is 0.0769. The van der Waals surface area contributed by atoms with E-state index < -0.39 is 0 Å². The first-order chi connectivity index (χ1) is 13.2. The van der Waals surface area contributed by atoms with E-state index in [-0.39, 0.29) is 0 Å². The van der Waals surface area contributed by atoms with Gasteiger partial charge in [0.15, 0.2) is 0 Å². The van der Waals surface area contributed by atoms with Gasteiger partial charge in [-0.3, -0.25) is 0 Å². The molecule has 0 saturated heterocycles. The van der Waals surface area contributed by atoms with Crippen LogP contribution in [0.15, 0.2) is 103 Å². The highest BCUT2D eigenvalue weighted by atomic mass is 15.1. The largest absolute Gasteiger partial charge is 0.378 e. The zero-order chi connectivity index (χ0) is 18.6. The van der Waals surface area contributed by atoms with E-state index in [0.717, 1.165) is 0 Å². The Bertz CT molecular complexity index is 1030. The SMILES string of the molecule is CN(C)c1cc(-c2ccccc2)cc(-c2cccc(-c3ccccc3)c2)c1. The molecule has 0 aromatic heterocycles. The summed E-state index contributed by atoms with van der Waals surface area (Å²) in [6.45, 7) is 0. The number of rotatable bonds is 4. The highest BCUT2D eigenvalue weighted by Crippen LogP contribution is 2.33. The quantitative estimate of drug-likeness (QED) is 0.394. The summed E-state index contributed by atoms with van der Waals surface area (Å²) in [5.41, 5.74) is 8.63. The topological polar surface area (TPSA) is 3.24 Å². The Morgan fingerprint density at radius 1 is 0.407 bits per heavy atom. The Balaban J connectivity index is 1.83. The van der Waals surface area contributed by atoms with Gasteiger partial charge in [-0.05, 0) is 57.6 Å². The Hall–Kier alpha value is -3.32. The zero-order valence-electron chi connectivity index (χ0n) is 15.8. The summed E-state index contributed by atoms with van der Waals surface area (Å²) in [7, 11) is 4.18. The summed E-state index contributed by atoms with van der Waals surface area (Å²) < 4.78 is 0.